The summed E-state index contributed by atoms with van der Waals surface area (Å²) in [6.07, 6.45) is 4.15. The molecule has 104 valence electrons. The molecule has 3 aliphatic heterocycles. The van der Waals surface area contributed by atoms with Crippen molar-refractivity contribution in [3.8, 4) is 0 Å². The molecule has 6 atom stereocenters. The van der Waals surface area contributed by atoms with Crippen LogP contribution in [0.1, 0.15) is 39.5 Å². The Morgan fingerprint density at radius 1 is 1.16 bits per heavy atom. The van der Waals surface area contributed by atoms with E-state index in [4.69, 9.17) is 14.2 Å². The molecule has 3 saturated heterocycles. The van der Waals surface area contributed by atoms with Crippen molar-refractivity contribution < 1.29 is 19.0 Å². The van der Waals surface area contributed by atoms with Crippen molar-refractivity contribution in [1.29, 1.82) is 0 Å². The molecule has 0 unspecified atom stereocenters. The van der Waals surface area contributed by atoms with E-state index >= 15 is 0 Å². The summed E-state index contributed by atoms with van der Waals surface area (Å²) < 4.78 is 17.2. The van der Waals surface area contributed by atoms with Gasteiger partial charge in [0, 0.05) is 11.5 Å². The fourth-order valence-electron chi connectivity index (χ4n) is 3.85. The minimum atomic E-state index is -0.245. The molecule has 3 heterocycles. The maximum atomic E-state index is 11.8. The topological polar surface area (TPSA) is 51.4 Å². The second-order valence-corrected chi connectivity index (χ2v) is 6.85. The van der Waals surface area contributed by atoms with Gasteiger partial charge in [0.2, 0.25) is 0 Å². The fourth-order valence-corrected chi connectivity index (χ4v) is 3.85. The van der Waals surface area contributed by atoms with Gasteiger partial charge in [-0.1, -0.05) is 6.58 Å². The predicted octanol–water partition coefficient (Wildman–Crippen LogP) is 1.97. The van der Waals surface area contributed by atoms with Crippen LogP contribution < -0.4 is 0 Å². The van der Waals surface area contributed by atoms with Crippen LogP contribution in [-0.2, 0) is 19.0 Å². The number of epoxide rings is 2. The van der Waals surface area contributed by atoms with E-state index in [9.17, 15) is 4.79 Å². The second-order valence-electron chi connectivity index (χ2n) is 6.85. The summed E-state index contributed by atoms with van der Waals surface area (Å²) in [5, 5.41) is 0. The Hall–Kier alpha value is -0.870. The van der Waals surface area contributed by atoms with Crippen molar-refractivity contribution >= 4 is 5.97 Å². The molecule has 19 heavy (non-hydrogen) atoms. The Morgan fingerprint density at radius 3 is 2.68 bits per heavy atom. The Labute approximate surface area is 113 Å². The van der Waals surface area contributed by atoms with Crippen LogP contribution in [0.2, 0.25) is 0 Å². The highest BCUT2D eigenvalue weighted by Crippen LogP contribution is 2.54. The first-order chi connectivity index (χ1) is 8.93. The molecule has 0 N–H and O–H groups in total. The number of hydrogen-bond donors (Lipinski definition) is 0. The summed E-state index contributed by atoms with van der Waals surface area (Å²) in [5.74, 6) is -0.149. The highest BCUT2D eigenvalue weighted by atomic mass is 16.6. The monoisotopic (exact) mass is 264 g/mol. The van der Waals surface area contributed by atoms with Crippen LogP contribution >= 0.6 is 0 Å². The van der Waals surface area contributed by atoms with E-state index in [2.05, 4.69) is 20.4 Å². The Balaban J connectivity index is 1.62. The third kappa shape index (κ3) is 1.62. The first-order valence-corrected chi connectivity index (χ1v) is 7.18. The zero-order chi connectivity index (χ0) is 13.4. The second kappa shape index (κ2) is 3.41. The molecule has 4 rings (SSSR count). The molecule has 4 nitrogen and oxygen atoms in total. The summed E-state index contributed by atoms with van der Waals surface area (Å²) in [7, 11) is 0. The van der Waals surface area contributed by atoms with E-state index in [0.717, 1.165) is 25.7 Å². The summed E-state index contributed by atoms with van der Waals surface area (Å²) in [5.41, 5.74) is 0.469. The average molecular weight is 264 g/mol. The minimum absolute atomic E-state index is 0.00540. The molecule has 0 aromatic carbocycles. The van der Waals surface area contributed by atoms with Gasteiger partial charge in [0.1, 0.15) is 12.2 Å². The third-order valence-corrected chi connectivity index (χ3v) is 5.48. The van der Waals surface area contributed by atoms with Crippen LogP contribution in [0.3, 0.4) is 0 Å². The Morgan fingerprint density at radius 2 is 1.89 bits per heavy atom. The number of carbonyl (C=O) groups is 1. The van der Waals surface area contributed by atoms with Gasteiger partial charge in [-0.2, -0.15) is 0 Å². The Kier molecular flexibility index (Phi) is 2.14. The van der Waals surface area contributed by atoms with Crippen LogP contribution in [0.25, 0.3) is 0 Å². The van der Waals surface area contributed by atoms with Gasteiger partial charge in [-0.15, -0.1) is 0 Å². The molecule has 0 radical (unpaired) electrons. The third-order valence-electron chi connectivity index (χ3n) is 5.48. The van der Waals surface area contributed by atoms with Gasteiger partial charge in [-0.05, 0) is 39.5 Å². The quantitative estimate of drug-likeness (QED) is 0.381. The van der Waals surface area contributed by atoms with E-state index in [1.807, 2.05) is 0 Å². The standard InChI is InChI=1S/C15H20O4/c1-8-9-4-6-14(2)10(18-14)5-7-15(3)12(19-15)11(9)17-13(8)16/h9-12H,1,4-7H2,2-3H3/t9-,10-,11-,12+,14-,15+/m0/s1. The number of hydrogen-bond acceptors (Lipinski definition) is 4. The van der Waals surface area contributed by atoms with E-state index in [0.29, 0.717) is 11.7 Å². The van der Waals surface area contributed by atoms with E-state index < -0.39 is 0 Å². The van der Waals surface area contributed by atoms with Gasteiger partial charge < -0.3 is 14.2 Å². The molecule has 4 fully saturated rings. The summed E-state index contributed by atoms with van der Waals surface area (Å²) in [6, 6.07) is 0. The molecule has 0 spiro atoms. The number of ether oxygens (including phenoxy) is 3. The Bertz CT molecular complexity index is 473. The molecule has 0 aromatic heterocycles. The normalized spacial score (nSPS) is 55.7. The van der Waals surface area contributed by atoms with Gasteiger partial charge in [0.05, 0.1) is 17.3 Å². The highest BCUT2D eigenvalue weighted by Gasteiger charge is 2.64. The maximum absolute atomic E-state index is 11.8. The molecular weight excluding hydrogens is 244 g/mol. The zero-order valence-corrected chi connectivity index (χ0v) is 11.5. The largest absolute Gasteiger partial charge is 0.455 e. The van der Waals surface area contributed by atoms with E-state index in [1.54, 1.807) is 0 Å². The van der Waals surface area contributed by atoms with Gasteiger partial charge in [0.15, 0.2) is 0 Å². The van der Waals surface area contributed by atoms with Gasteiger partial charge >= 0.3 is 5.97 Å². The van der Waals surface area contributed by atoms with Crippen molar-refractivity contribution in [2.75, 3.05) is 0 Å². The van der Waals surface area contributed by atoms with E-state index in [-0.39, 0.29) is 35.3 Å². The van der Waals surface area contributed by atoms with Crippen LogP contribution in [0.15, 0.2) is 12.2 Å². The number of esters is 1. The molecule has 0 aromatic rings. The van der Waals surface area contributed by atoms with Gasteiger partial charge in [0.25, 0.3) is 0 Å². The van der Waals surface area contributed by atoms with Crippen molar-refractivity contribution in [3.63, 3.8) is 0 Å². The molecule has 4 heteroatoms. The highest BCUT2D eigenvalue weighted by molar-refractivity contribution is 5.91. The van der Waals surface area contributed by atoms with Crippen molar-refractivity contribution in [3.05, 3.63) is 12.2 Å². The number of rotatable bonds is 0. The predicted molar refractivity (Wildman–Crippen MR) is 67.5 cm³/mol. The number of carbonyl (C=O) groups excluding carboxylic acids is 1. The molecule has 1 aliphatic carbocycles. The molecule has 1 saturated carbocycles. The number of fused-ring (bicyclic) bond motifs is 4. The first kappa shape index (κ1) is 11.9. The summed E-state index contributed by atoms with van der Waals surface area (Å²) in [4.78, 5) is 11.8. The fraction of sp³-hybridized carbons (Fsp3) is 0.800. The summed E-state index contributed by atoms with van der Waals surface area (Å²) in [6.45, 7) is 8.20. The molecule has 4 aliphatic rings. The minimum Gasteiger partial charge on any atom is -0.455 e. The van der Waals surface area contributed by atoms with Gasteiger partial charge in [-0.25, -0.2) is 4.79 Å². The van der Waals surface area contributed by atoms with Crippen molar-refractivity contribution in [1.82, 2.24) is 0 Å². The van der Waals surface area contributed by atoms with Crippen LogP contribution in [0, 0.1) is 5.92 Å². The SMILES string of the molecule is C=C1C(=O)O[C@@H]2[C@H]3O[C@]3(C)CC[C@@H]3O[C@@]3(C)CC[C@@H]12. The van der Waals surface area contributed by atoms with Crippen molar-refractivity contribution in [2.24, 2.45) is 5.92 Å². The average Bonchev–Trinajstić information content (AvgIpc) is 3.18. The summed E-state index contributed by atoms with van der Waals surface area (Å²) >= 11 is 0. The molecule has 0 bridgehead atoms. The van der Waals surface area contributed by atoms with Crippen LogP contribution in [0.4, 0.5) is 0 Å². The molecular formula is C15H20O4. The lowest BCUT2D eigenvalue weighted by Crippen LogP contribution is -2.30. The van der Waals surface area contributed by atoms with Crippen molar-refractivity contribution in [2.45, 2.75) is 69.0 Å². The maximum Gasteiger partial charge on any atom is 0.334 e. The van der Waals surface area contributed by atoms with E-state index in [1.165, 1.54) is 0 Å². The lowest BCUT2D eigenvalue weighted by atomic mass is 9.81. The van der Waals surface area contributed by atoms with Crippen LogP contribution in [-0.4, -0.2) is 35.5 Å². The lowest BCUT2D eigenvalue weighted by molar-refractivity contribution is -0.140. The zero-order valence-electron chi connectivity index (χ0n) is 11.5. The lowest BCUT2D eigenvalue weighted by Gasteiger charge is -2.20. The smallest absolute Gasteiger partial charge is 0.334 e. The van der Waals surface area contributed by atoms with Gasteiger partial charge in [-0.3, -0.25) is 0 Å². The first-order valence-electron chi connectivity index (χ1n) is 7.18. The van der Waals surface area contributed by atoms with Crippen LogP contribution in [0.5, 0.6) is 0 Å². The molecule has 0 amide bonds.